The van der Waals surface area contributed by atoms with Crippen LogP contribution in [0.5, 0.6) is 0 Å². The Hall–Kier alpha value is -3.25. The number of hydrogen-bond acceptors (Lipinski definition) is 4. The normalized spacial score (nSPS) is 11.3. The first kappa shape index (κ1) is 16.9. The molecule has 4 aromatic heterocycles. The monoisotopic (exact) mass is 385 g/mol. The molecule has 0 aliphatic carbocycles. The van der Waals surface area contributed by atoms with Gasteiger partial charge in [0.15, 0.2) is 4.96 Å². The molecule has 5 rings (SSSR count). The number of thiazole rings is 1. The molecule has 138 valence electrons. The first-order chi connectivity index (χ1) is 13.8. The number of aryl methyl sites for hydroxylation is 3. The van der Waals surface area contributed by atoms with Gasteiger partial charge in [-0.2, -0.15) is 0 Å². The van der Waals surface area contributed by atoms with Crippen LogP contribution in [0.3, 0.4) is 0 Å². The van der Waals surface area contributed by atoms with Crippen molar-refractivity contribution in [3.8, 4) is 22.6 Å². The molecule has 0 atom stereocenters. The molecule has 5 aromatic rings. The zero-order chi connectivity index (χ0) is 18.9. The van der Waals surface area contributed by atoms with Gasteiger partial charge in [-0.25, -0.2) is 9.97 Å². The number of benzene rings is 1. The molecular formula is C22H19N5S. The molecule has 28 heavy (non-hydrogen) atoms. The molecule has 0 spiro atoms. The van der Waals surface area contributed by atoms with Gasteiger partial charge in [0.25, 0.3) is 0 Å². The molecule has 0 N–H and O–H groups in total. The Labute approximate surface area is 167 Å². The van der Waals surface area contributed by atoms with Crippen LogP contribution >= 0.6 is 11.3 Å². The van der Waals surface area contributed by atoms with Crippen molar-refractivity contribution in [3.63, 3.8) is 0 Å². The van der Waals surface area contributed by atoms with Crippen LogP contribution in [0.1, 0.15) is 11.3 Å². The Balaban J connectivity index is 1.65. The van der Waals surface area contributed by atoms with Crippen molar-refractivity contribution in [2.45, 2.75) is 19.9 Å². The van der Waals surface area contributed by atoms with Gasteiger partial charge in [-0.1, -0.05) is 36.4 Å². The summed E-state index contributed by atoms with van der Waals surface area (Å²) in [5.41, 5.74) is 6.56. The van der Waals surface area contributed by atoms with Crippen molar-refractivity contribution in [3.05, 3.63) is 84.0 Å². The fourth-order valence-corrected chi connectivity index (χ4v) is 4.34. The Kier molecular flexibility index (Phi) is 4.25. The lowest BCUT2D eigenvalue weighted by Crippen LogP contribution is -2.04. The molecule has 5 nitrogen and oxygen atoms in total. The number of pyridine rings is 1. The van der Waals surface area contributed by atoms with Crippen LogP contribution in [-0.2, 0) is 13.0 Å². The van der Waals surface area contributed by atoms with Crippen molar-refractivity contribution < 1.29 is 0 Å². The van der Waals surface area contributed by atoms with Gasteiger partial charge in [-0.05, 0) is 25.0 Å². The van der Waals surface area contributed by atoms with Crippen molar-refractivity contribution >= 4 is 16.3 Å². The highest BCUT2D eigenvalue weighted by Crippen LogP contribution is 2.34. The number of hydrogen-bond donors (Lipinski definition) is 0. The maximum atomic E-state index is 4.80. The summed E-state index contributed by atoms with van der Waals surface area (Å²) in [5, 5.41) is 2.07. The van der Waals surface area contributed by atoms with Crippen molar-refractivity contribution in [1.82, 2.24) is 23.9 Å². The van der Waals surface area contributed by atoms with Gasteiger partial charge < -0.3 is 4.57 Å². The van der Waals surface area contributed by atoms with Gasteiger partial charge in [0.2, 0.25) is 0 Å². The van der Waals surface area contributed by atoms with Crippen LogP contribution in [0, 0.1) is 6.92 Å². The lowest BCUT2D eigenvalue weighted by atomic mass is 10.1. The fourth-order valence-electron chi connectivity index (χ4n) is 3.58. The number of imidazole rings is 2. The third kappa shape index (κ3) is 2.92. The molecular weight excluding hydrogens is 366 g/mol. The highest BCUT2D eigenvalue weighted by atomic mass is 32.1. The fraction of sp³-hybridized carbons (Fsp3) is 0.136. The second-order valence-electron chi connectivity index (χ2n) is 6.71. The van der Waals surface area contributed by atoms with Crippen LogP contribution in [-0.4, -0.2) is 23.9 Å². The molecule has 6 heteroatoms. The Morgan fingerprint density at radius 1 is 1.04 bits per heavy atom. The Morgan fingerprint density at radius 3 is 2.75 bits per heavy atom. The van der Waals surface area contributed by atoms with Crippen LogP contribution in [0.15, 0.2) is 72.8 Å². The van der Waals surface area contributed by atoms with Gasteiger partial charge in [-0.15, -0.1) is 11.3 Å². The summed E-state index contributed by atoms with van der Waals surface area (Å²) in [7, 11) is 0. The number of rotatable bonds is 5. The first-order valence-electron chi connectivity index (χ1n) is 9.23. The van der Waals surface area contributed by atoms with Gasteiger partial charge in [0.1, 0.15) is 0 Å². The minimum absolute atomic E-state index is 0.831. The third-order valence-electron chi connectivity index (χ3n) is 4.91. The zero-order valence-electron chi connectivity index (χ0n) is 15.5. The van der Waals surface area contributed by atoms with E-state index in [-0.39, 0.29) is 0 Å². The second-order valence-corrected chi connectivity index (χ2v) is 7.59. The van der Waals surface area contributed by atoms with Crippen molar-refractivity contribution in [2.24, 2.45) is 0 Å². The van der Waals surface area contributed by atoms with E-state index in [0.717, 1.165) is 46.3 Å². The Bertz CT molecular complexity index is 1220. The van der Waals surface area contributed by atoms with Gasteiger partial charge >= 0.3 is 0 Å². The SMILES string of the molecule is Cc1nc2sccn2c1-c1c(-c2ccccc2)ncn1CCc1cccnc1. The molecule has 0 amide bonds. The summed E-state index contributed by atoms with van der Waals surface area (Å²) in [4.78, 5) is 14.8. The van der Waals surface area contributed by atoms with E-state index in [0.29, 0.717) is 0 Å². The molecule has 0 fully saturated rings. The van der Waals surface area contributed by atoms with E-state index in [4.69, 9.17) is 9.97 Å². The lowest BCUT2D eigenvalue weighted by molar-refractivity contribution is 0.698. The molecule has 0 radical (unpaired) electrons. The minimum atomic E-state index is 0.831. The molecule has 0 aliphatic rings. The van der Waals surface area contributed by atoms with Crippen LogP contribution < -0.4 is 0 Å². The molecule has 0 unspecified atom stereocenters. The predicted molar refractivity (Wildman–Crippen MR) is 112 cm³/mol. The van der Waals surface area contributed by atoms with E-state index in [9.17, 15) is 0 Å². The standard InChI is InChI=1S/C22H19N5S/c1-16-20(27-12-13-28-22(27)25-16)21-19(18-7-3-2-4-8-18)24-15-26(21)11-9-17-6-5-10-23-14-17/h2-8,10,12-15H,9,11H2,1H3. The summed E-state index contributed by atoms with van der Waals surface area (Å²) in [6, 6.07) is 14.5. The summed E-state index contributed by atoms with van der Waals surface area (Å²) >= 11 is 1.65. The largest absolute Gasteiger partial charge is 0.328 e. The van der Waals surface area contributed by atoms with E-state index < -0.39 is 0 Å². The van der Waals surface area contributed by atoms with E-state index in [1.807, 2.05) is 30.9 Å². The molecule has 0 saturated carbocycles. The van der Waals surface area contributed by atoms with Crippen LogP contribution in [0.2, 0.25) is 0 Å². The second kappa shape index (κ2) is 7.05. The van der Waals surface area contributed by atoms with E-state index in [1.54, 1.807) is 11.3 Å². The van der Waals surface area contributed by atoms with Gasteiger partial charge in [0, 0.05) is 36.1 Å². The van der Waals surface area contributed by atoms with E-state index in [1.165, 1.54) is 5.56 Å². The lowest BCUT2D eigenvalue weighted by Gasteiger charge is -2.11. The summed E-state index contributed by atoms with van der Waals surface area (Å²) in [5.74, 6) is 0. The molecule has 0 bridgehead atoms. The number of aromatic nitrogens is 5. The molecule has 0 aliphatic heterocycles. The average Bonchev–Trinajstić information content (AvgIpc) is 3.42. The zero-order valence-corrected chi connectivity index (χ0v) is 16.3. The number of fused-ring (bicyclic) bond motifs is 1. The molecule has 0 saturated heterocycles. The average molecular weight is 385 g/mol. The molecule has 1 aromatic carbocycles. The van der Waals surface area contributed by atoms with E-state index in [2.05, 4.69) is 62.8 Å². The smallest absolute Gasteiger partial charge is 0.194 e. The van der Waals surface area contributed by atoms with Crippen molar-refractivity contribution in [1.29, 1.82) is 0 Å². The van der Waals surface area contributed by atoms with Gasteiger partial charge in [-0.3, -0.25) is 9.38 Å². The summed E-state index contributed by atoms with van der Waals surface area (Å²) in [6.07, 6.45) is 8.66. The highest BCUT2D eigenvalue weighted by molar-refractivity contribution is 7.15. The maximum absolute atomic E-state index is 4.80. The minimum Gasteiger partial charge on any atom is -0.328 e. The van der Waals surface area contributed by atoms with Crippen molar-refractivity contribution in [2.75, 3.05) is 0 Å². The van der Waals surface area contributed by atoms with Crippen LogP contribution in [0.25, 0.3) is 27.6 Å². The summed E-state index contributed by atoms with van der Waals surface area (Å²) < 4.78 is 4.41. The highest BCUT2D eigenvalue weighted by Gasteiger charge is 2.21. The summed E-state index contributed by atoms with van der Waals surface area (Å²) in [6.45, 7) is 2.90. The third-order valence-corrected chi connectivity index (χ3v) is 5.67. The van der Waals surface area contributed by atoms with Gasteiger partial charge in [0.05, 0.1) is 29.1 Å². The van der Waals surface area contributed by atoms with Crippen LogP contribution in [0.4, 0.5) is 0 Å². The molecule has 4 heterocycles. The topological polar surface area (TPSA) is 48.0 Å². The maximum Gasteiger partial charge on any atom is 0.194 e. The number of nitrogens with zero attached hydrogens (tertiary/aromatic N) is 5. The first-order valence-corrected chi connectivity index (χ1v) is 10.1. The van der Waals surface area contributed by atoms with E-state index >= 15 is 0 Å². The quantitative estimate of drug-likeness (QED) is 0.433. The predicted octanol–water partition coefficient (Wildman–Crippen LogP) is 4.87. The Morgan fingerprint density at radius 2 is 1.93 bits per heavy atom.